The van der Waals surface area contributed by atoms with Crippen molar-refractivity contribution in [2.75, 3.05) is 13.2 Å². The van der Waals surface area contributed by atoms with E-state index in [1.165, 1.54) is 11.0 Å². The third kappa shape index (κ3) is 4.73. The lowest BCUT2D eigenvalue weighted by Crippen LogP contribution is -2.58. The van der Waals surface area contributed by atoms with Gasteiger partial charge in [0.15, 0.2) is 11.5 Å². The molecule has 1 aromatic rings. The molecule has 0 spiro atoms. The Bertz CT molecular complexity index is 846. The zero-order valence-electron chi connectivity index (χ0n) is 16.6. The Morgan fingerprint density at radius 2 is 1.79 bits per heavy atom. The molecular weight excluding hydrogens is 487 g/mol. The van der Waals surface area contributed by atoms with Gasteiger partial charge in [-0.3, -0.25) is 19.8 Å². The summed E-state index contributed by atoms with van der Waals surface area (Å²) < 4.78 is 12.2. The number of benzene rings is 1. The highest BCUT2D eigenvalue weighted by Gasteiger charge is 2.40. The van der Waals surface area contributed by atoms with Gasteiger partial charge in [0, 0.05) is 6.04 Å². The number of halogens is 1. The quantitative estimate of drug-likeness (QED) is 0.355. The van der Waals surface area contributed by atoms with E-state index in [1.807, 2.05) is 19.9 Å². The van der Waals surface area contributed by atoms with E-state index >= 15 is 0 Å². The fourth-order valence-corrected chi connectivity index (χ4v) is 4.51. The number of barbiturate groups is 1. The molecule has 1 saturated carbocycles. The number of ether oxygens (including phenoxy) is 2. The molecule has 0 bridgehead atoms. The van der Waals surface area contributed by atoms with E-state index in [4.69, 9.17) is 9.47 Å². The SMILES string of the molecule is CCOc1cc(/C=C2\C(=O)NC(=O)N(C3CCCCC3)C2=O)cc(I)c1OCC. The molecule has 29 heavy (non-hydrogen) atoms. The minimum atomic E-state index is -0.672. The molecule has 1 aromatic carbocycles. The Morgan fingerprint density at radius 1 is 1.10 bits per heavy atom. The third-order valence-electron chi connectivity index (χ3n) is 5.00. The maximum atomic E-state index is 13.0. The highest BCUT2D eigenvalue weighted by molar-refractivity contribution is 14.1. The van der Waals surface area contributed by atoms with Crippen LogP contribution in [0.5, 0.6) is 11.5 Å². The molecule has 1 aliphatic heterocycles. The van der Waals surface area contributed by atoms with E-state index in [1.54, 1.807) is 6.07 Å². The van der Waals surface area contributed by atoms with Crippen LogP contribution in [0, 0.1) is 3.57 Å². The van der Waals surface area contributed by atoms with Gasteiger partial charge in [0.05, 0.1) is 16.8 Å². The smallest absolute Gasteiger partial charge is 0.331 e. The van der Waals surface area contributed by atoms with Gasteiger partial charge in [-0.2, -0.15) is 0 Å². The van der Waals surface area contributed by atoms with Crippen LogP contribution in [-0.4, -0.2) is 42.0 Å². The number of urea groups is 1. The van der Waals surface area contributed by atoms with Crippen molar-refractivity contribution >= 4 is 46.5 Å². The van der Waals surface area contributed by atoms with E-state index < -0.39 is 17.8 Å². The van der Waals surface area contributed by atoms with Crippen LogP contribution in [0.3, 0.4) is 0 Å². The van der Waals surface area contributed by atoms with Gasteiger partial charge in [-0.15, -0.1) is 0 Å². The molecule has 156 valence electrons. The van der Waals surface area contributed by atoms with Gasteiger partial charge < -0.3 is 9.47 Å². The minimum absolute atomic E-state index is 0.0439. The molecule has 0 aromatic heterocycles. The van der Waals surface area contributed by atoms with Crippen LogP contribution in [0.2, 0.25) is 0 Å². The van der Waals surface area contributed by atoms with Crippen molar-refractivity contribution in [3.05, 3.63) is 26.8 Å². The van der Waals surface area contributed by atoms with Crippen LogP contribution < -0.4 is 14.8 Å². The Balaban J connectivity index is 1.96. The summed E-state index contributed by atoms with van der Waals surface area (Å²) in [7, 11) is 0. The fraction of sp³-hybridized carbons (Fsp3) is 0.476. The summed E-state index contributed by atoms with van der Waals surface area (Å²) in [6.07, 6.45) is 6.12. The van der Waals surface area contributed by atoms with Crippen molar-refractivity contribution in [1.82, 2.24) is 10.2 Å². The molecule has 0 atom stereocenters. The lowest BCUT2D eigenvalue weighted by Gasteiger charge is -2.35. The molecule has 0 radical (unpaired) electrons. The van der Waals surface area contributed by atoms with Gasteiger partial charge in [-0.25, -0.2) is 4.79 Å². The number of hydrogen-bond donors (Lipinski definition) is 1. The summed E-state index contributed by atoms with van der Waals surface area (Å²) in [5.74, 6) is -0.0195. The molecule has 3 rings (SSSR count). The van der Waals surface area contributed by atoms with Crippen molar-refractivity contribution < 1.29 is 23.9 Å². The predicted octanol–water partition coefficient (Wildman–Crippen LogP) is 3.88. The molecule has 0 unspecified atom stereocenters. The first-order valence-corrected chi connectivity index (χ1v) is 11.0. The van der Waals surface area contributed by atoms with Crippen LogP contribution in [0.15, 0.2) is 17.7 Å². The molecule has 1 heterocycles. The second-order valence-electron chi connectivity index (χ2n) is 6.98. The van der Waals surface area contributed by atoms with Crippen molar-refractivity contribution in [2.24, 2.45) is 0 Å². The lowest BCUT2D eigenvalue weighted by atomic mass is 9.93. The highest BCUT2D eigenvalue weighted by Crippen LogP contribution is 2.35. The zero-order chi connectivity index (χ0) is 21.0. The van der Waals surface area contributed by atoms with E-state index in [0.717, 1.165) is 35.7 Å². The number of carbonyl (C=O) groups is 3. The Labute approximate surface area is 183 Å². The van der Waals surface area contributed by atoms with Crippen LogP contribution >= 0.6 is 22.6 Å². The van der Waals surface area contributed by atoms with Gasteiger partial charge in [0.2, 0.25) is 0 Å². The van der Waals surface area contributed by atoms with Crippen LogP contribution in [0.25, 0.3) is 6.08 Å². The van der Waals surface area contributed by atoms with Crippen LogP contribution in [0.1, 0.15) is 51.5 Å². The second-order valence-corrected chi connectivity index (χ2v) is 8.14. The monoisotopic (exact) mass is 512 g/mol. The van der Waals surface area contributed by atoms with E-state index in [-0.39, 0.29) is 11.6 Å². The number of carbonyl (C=O) groups excluding carboxylic acids is 3. The van der Waals surface area contributed by atoms with Gasteiger partial charge >= 0.3 is 6.03 Å². The van der Waals surface area contributed by atoms with Gasteiger partial charge in [-0.05, 0) is 73.1 Å². The summed E-state index contributed by atoms with van der Waals surface area (Å²) in [4.78, 5) is 39.0. The van der Waals surface area contributed by atoms with Crippen LogP contribution in [0.4, 0.5) is 4.79 Å². The fourth-order valence-electron chi connectivity index (χ4n) is 3.73. The average Bonchev–Trinajstić information content (AvgIpc) is 2.69. The molecule has 4 amide bonds. The number of nitrogens with zero attached hydrogens (tertiary/aromatic N) is 1. The van der Waals surface area contributed by atoms with Crippen molar-refractivity contribution in [1.29, 1.82) is 0 Å². The molecule has 1 saturated heterocycles. The Morgan fingerprint density at radius 3 is 2.45 bits per heavy atom. The number of imide groups is 2. The van der Waals surface area contributed by atoms with E-state index in [2.05, 4.69) is 27.9 Å². The topological polar surface area (TPSA) is 84.9 Å². The molecule has 2 fully saturated rings. The lowest BCUT2D eigenvalue weighted by molar-refractivity contribution is -0.132. The second kappa shape index (κ2) is 9.60. The van der Waals surface area contributed by atoms with Crippen LogP contribution in [-0.2, 0) is 9.59 Å². The Kier molecular flexibility index (Phi) is 7.15. The van der Waals surface area contributed by atoms with Gasteiger partial charge in [0.25, 0.3) is 11.8 Å². The molecule has 8 heteroatoms. The zero-order valence-corrected chi connectivity index (χ0v) is 18.8. The molecule has 7 nitrogen and oxygen atoms in total. The highest BCUT2D eigenvalue weighted by atomic mass is 127. The predicted molar refractivity (Wildman–Crippen MR) is 117 cm³/mol. The minimum Gasteiger partial charge on any atom is -0.490 e. The molecule has 1 aliphatic carbocycles. The number of nitrogens with one attached hydrogen (secondary N) is 1. The first kappa shape index (κ1) is 21.6. The summed E-state index contributed by atoms with van der Waals surface area (Å²) in [6, 6.07) is 2.78. The summed E-state index contributed by atoms with van der Waals surface area (Å²) >= 11 is 2.14. The summed E-state index contributed by atoms with van der Waals surface area (Å²) in [5, 5.41) is 2.31. The van der Waals surface area contributed by atoms with Gasteiger partial charge in [-0.1, -0.05) is 19.3 Å². The maximum Gasteiger partial charge on any atom is 0.331 e. The first-order valence-electron chi connectivity index (χ1n) is 9.96. The summed E-state index contributed by atoms with van der Waals surface area (Å²) in [5.41, 5.74) is 0.593. The van der Waals surface area contributed by atoms with E-state index in [0.29, 0.717) is 30.3 Å². The largest absolute Gasteiger partial charge is 0.490 e. The number of amides is 4. The van der Waals surface area contributed by atoms with Crippen molar-refractivity contribution in [2.45, 2.75) is 52.0 Å². The number of hydrogen-bond acceptors (Lipinski definition) is 5. The van der Waals surface area contributed by atoms with Crippen molar-refractivity contribution in [3.8, 4) is 11.5 Å². The molecular formula is C21H25IN2O5. The number of rotatable bonds is 6. The molecule has 1 N–H and O–H groups in total. The standard InChI is InChI=1S/C21H25IN2O5/c1-3-28-17-12-13(11-16(22)18(17)29-4-2)10-15-19(25)23-21(27)24(20(15)26)14-8-6-5-7-9-14/h10-12,14H,3-9H2,1-2H3,(H,23,25,27)/b15-10+. The normalized spacial score (nSPS) is 19.5. The summed E-state index contributed by atoms with van der Waals surface area (Å²) in [6.45, 7) is 4.72. The molecule has 2 aliphatic rings. The average molecular weight is 512 g/mol. The third-order valence-corrected chi connectivity index (χ3v) is 5.81. The first-order chi connectivity index (χ1) is 14.0. The van der Waals surface area contributed by atoms with E-state index in [9.17, 15) is 14.4 Å². The maximum absolute atomic E-state index is 13.0. The van der Waals surface area contributed by atoms with Gasteiger partial charge in [0.1, 0.15) is 5.57 Å². The van der Waals surface area contributed by atoms with Crippen molar-refractivity contribution in [3.63, 3.8) is 0 Å². The Hall–Kier alpha value is -2.10.